The Morgan fingerprint density at radius 3 is 2.78 bits per heavy atom. The first-order valence-electron chi connectivity index (χ1n) is 6.49. The second kappa shape index (κ2) is 7.27. The fourth-order valence-electron chi connectivity index (χ4n) is 1.95. The molecule has 0 bridgehead atoms. The molecule has 0 saturated heterocycles. The lowest BCUT2D eigenvalue weighted by Crippen LogP contribution is -1.98. The summed E-state index contributed by atoms with van der Waals surface area (Å²) in [6.07, 6.45) is 6.56. The van der Waals surface area contributed by atoms with E-state index in [4.69, 9.17) is 4.74 Å². The molecule has 1 heterocycles. The highest BCUT2D eigenvalue weighted by Gasteiger charge is 2.01. The second-order valence-corrected chi connectivity index (χ2v) is 4.76. The van der Waals surface area contributed by atoms with Crippen LogP contribution in [-0.4, -0.2) is 17.3 Å². The summed E-state index contributed by atoms with van der Waals surface area (Å²) < 4.78 is 5.84. The van der Waals surface area contributed by atoms with Crippen molar-refractivity contribution in [1.82, 2.24) is 4.98 Å². The molecule has 3 heteroatoms. The maximum atomic E-state index is 5.84. The Hall–Kier alpha value is -1.22. The third kappa shape index (κ3) is 3.64. The molecule has 0 N–H and O–H groups in total. The summed E-state index contributed by atoms with van der Waals surface area (Å²) in [7, 11) is 0. The molecule has 0 aliphatic heterocycles. The molecule has 0 unspecified atom stereocenters. The van der Waals surface area contributed by atoms with Crippen LogP contribution in [0.3, 0.4) is 0 Å². The van der Waals surface area contributed by atoms with Crippen molar-refractivity contribution >= 4 is 23.5 Å². The third-order valence-corrected chi connectivity index (χ3v) is 3.23. The van der Waals surface area contributed by atoms with E-state index in [1.54, 1.807) is 0 Å². The van der Waals surface area contributed by atoms with Gasteiger partial charge < -0.3 is 4.74 Å². The van der Waals surface area contributed by atoms with Gasteiger partial charge in [0.05, 0.1) is 12.1 Å². The van der Waals surface area contributed by atoms with E-state index in [1.807, 2.05) is 30.5 Å². The van der Waals surface area contributed by atoms with Gasteiger partial charge in [-0.25, -0.2) is 0 Å². The topological polar surface area (TPSA) is 22.1 Å². The standard InChI is InChI=1S/C15H19NOS/c18-12-4-2-1-3-11-17-15-9-5-8-14-13(15)7-6-10-16-14/h5-10,18H,1-4,11-12H2. The minimum absolute atomic E-state index is 0.778. The van der Waals surface area contributed by atoms with E-state index in [9.17, 15) is 0 Å². The molecule has 18 heavy (non-hydrogen) atoms. The first-order chi connectivity index (χ1) is 8.92. The summed E-state index contributed by atoms with van der Waals surface area (Å²) >= 11 is 4.21. The van der Waals surface area contributed by atoms with E-state index in [0.29, 0.717) is 0 Å². The fourth-order valence-corrected chi connectivity index (χ4v) is 2.17. The van der Waals surface area contributed by atoms with Gasteiger partial charge in [0.1, 0.15) is 5.75 Å². The van der Waals surface area contributed by atoms with E-state index < -0.39 is 0 Å². The van der Waals surface area contributed by atoms with Gasteiger partial charge in [0.15, 0.2) is 0 Å². The number of hydrogen-bond acceptors (Lipinski definition) is 3. The lowest BCUT2D eigenvalue weighted by Gasteiger charge is -2.08. The number of aromatic nitrogens is 1. The van der Waals surface area contributed by atoms with Crippen molar-refractivity contribution in [3.8, 4) is 5.75 Å². The molecule has 0 amide bonds. The summed E-state index contributed by atoms with van der Waals surface area (Å²) in [5.41, 5.74) is 0.991. The van der Waals surface area contributed by atoms with Crippen LogP contribution >= 0.6 is 12.6 Å². The van der Waals surface area contributed by atoms with Crippen LogP contribution in [0.1, 0.15) is 25.7 Å². The summed E-state index contributed by atoms with van der Waals surface area (Å²) in [5, 5.41) is 1.09. The summed E-state index contributed by atoms with van der Waals surface area (Å²) in [5.74, 6) is 1.92. The number of nitrogens with zero attached hydrogens (tertiary/aromatic N) is 1. The zero-order valence-corrected chi connectivity index (χ0v) is 11.4. The minimum atomic E-state index is 0.778. The van der Waals surface area contributed by atoms with Crippen LogP contribution in [0.4, 0.5) is 0 Å². The highest BCUT2D eigenvalue weighted by Crippen LogP contribution is 2.23. The van der Waals surface area contributed by atoms with Crippen molar-refractivity contribution in [2.24, 2.45) is 0 Å². The molecule has 0 saturated carbocycles. The van der Waals surface area contributed by atoms with Gasteiger partial charge in [0.2, 0.25) is 0 Å². The van der Waals surface area contributed by atoms with E-state index in [-0.39, 0.29) is 0 Å². The number of thiol groups is 1. The van der Waals surface area contributed by atoms with Gasteiger partial charge in [-0.3, -0.25) is 4.98 Å². The molecule has 2 rings (SSSR count). The van der Waals surface area contributed by atoms with Crippen LogP contribution < -0.4 is 4.74 Å². The number of hydrogen-bond donors (Lipinski definition) is 1. The summed E-state index contributed by atoms with van der Waals surface area (Å²) in [4.78, 5) is 4.32. The van der Waals surface area contributed by atoms with Crippen LogP contribution in [0, 0.1) is 0 Å². The van der Waals surface area contributed by atoms with Gasteiger partial charge in [-0.15, -0.1) is 0 Å². The Kier molecular flexibility index (Phi) is 5.34. The van der Waals surface area contributed by atoms with Gasteiger partial charge >= 0.3 is 0 Å². The average Bonchev–Trinajstić information content (AvgIpc) is 2.43. The molecule has 96 valence electrons. The molecule has 1 aromatic carbocycles. The van der Waals surface area contributed by atoms with Crippen LogP contribution in [0.2, 0.25) is 0 Å². The zero-order chi connectivity index (χ0) is 12.6. The van der Waals surface area contributed by atoms with Crippen molar-refractivity contribution in [2.75, 3.05) is 12.4 Å². The lowest BCUT2D eigenvalue weighted by molar-refractivity contribution is 0.308. The molecule has 2 nitrogen and oxygen atoms in total. The lowest BCUT2D eigenvalue weighted by atomic mass is 10.2. The normalized spacial score (nSPS) is 10.7. The predicted octanol–water partition coefficient (Wildman–Crippen LogP) is 4.10. The van der Waals surface area contributed by atoms with Crippen LogP contribution in [0.15, 0.2) is 36.5 Å². The molecule has 0 atom stereocenters. The molecule has 0 spiro atoms. The third-order valence-electron chi connectivity index (χ3n) is 2.92. The largest absolute Gasteiger partial charge is 0.493 e. The average molecular weight is 261 g/mol. The maximum Gasteiger partial charge on any atom is 0.128 e. The number of rotatable bonds is 7. The quantitative estimate of drug-likeness (QED) is 0.598. The van der Waals surface area contributed by atoms with Crippen LogP contribution in [0.25, 0.3) is 10.9 Å². The molecule has 0 fully saturated rings. The Morgan fingerprint density at radius 2 is 1.89 bits per heavy atom. The Balaban J connectivity index is 1.88. The zero-order valence-electron chi connectivity index (χ0n) is 10.5. The fraction of sp³-hybridized carbons (Fsp3) is 0.400. The molecule has 0 radical (unpaired) electrons. The van der Waals surface area contributed by atoms with Gasteiger partial charge in [-0.2, -0.15) is 12.6 Å². The van der Waals surface area contributed by atoms with E-state index >= 15 is 0 Å². The molecule has 2 aromatic rings. The number of ether oxygens (including phenoxy) is 1. The van der Waals surface area contributed by atoms with Crippen molar-refractivity contribution in [3.63, 3.8) is 0 Å². The van der Waals surface area contributed by atoms with Gasteiger partial charge in [0.25, 0.3) is 0 Å². The van der Waals surface area contributed by atoms with E-state index in [1.165, 1.54) is 19.3 Å². The summed E-state index contributed by atoms with van der Waals surface area (Å²) in [6, 6.07) is 10.0. The smallest absolute Gasteiger partial charge is 0.128 e. The van der Waals surface area contributed by atoms with Gasteiger partial charge in [-0.1, -0.05) is 18.9 Å². The highest BCUT2D eigenvalue weighted by molar-refractivity contribution is 7.80. The predicted molar refractivity (Wildman–Crippen MR) is 79.6 cm³/mol. The minimum Gasteiger partial charge on any atom is -0.493 e. The van der Waals surface area contributed by atoms with Crippen molar-refractivity contribution in [3.05, 3.63) is 36.5 Å². The Bertz CT molecular complexity index is 481. The molecule has 0 aliphatic rings. The number of unbranched alkanes of at least 4 members (excludes halogenated alkanes) is 3. The monoisotopic (exact) mass is 261 g/mol. The first kappa shape index (κ1) is 13.2. The maximum absolute atomic E-state index is 5.84. The molecule has 0 aliphatic carbocycles. The second-order valence-electron chi connectivity index (χ2n) is 4.31. The number of benzene rings is 1. The highest BCUT2D eigenvalue weighted by atomic mass is 32.1. The van der Waals surface area contributed by atoms with Crippen LogP contribution in [0.5, 0.6) is 5.75 Å². The van der Waals surface area contributed by atoms with E-state index in [2.05, 4.69) is 23.7 Å². The first-order valence-corrected chi connectivity index (χ1v) is 7.12. The number of fused-ring (bicyclic) bond motifs is 1. The van der Waals surface area contributed by atoms with Crippen LogP contribution in [-0.2, 0) is 0 Å². The van der Waals surface area contributed by atoms with Crippen molar-refractivity contribution < 1.29 is 4.74 Å². The number of pyridine rings is 1. The molecular formula is C15H19NOS. The van der Waals surface area contributed by atoms with E-state index in [0.717, 1.165) is 35.4 Å². The molecular weight excluding hydrogens is 242 g/mol. The summed E-state index contributed by atoms with van der Waals surface area (Å²) in [6.45, 7) is 0.778. The SMILES string of the molecule is SCCCCCCOc1cccc2ncccc12. The Morgan fingerprint density at radius 1 is 1.00 bits per heavy atom. The van der Waals surface area contributed by atoms with Gasteiger partial charge in [-0.05, 0) is 42.9 Å². The van der Waals surface area contributed by atoms with Crippen molar-refractivity contribution in [2.45, 2.75) is 25.7 Å². The molecule has 1 aromatic heterocycles. The van der Waals surface area contributed by atoms with Crippen molar-refractivity contribution in [1.29, 1.82) is 0 Å². The Labute approximate surface area is 114 Å². The van der Waals surface area contributed by atoms with Gasteiger partial charge in [0, 0.05) is 11.6 Å².